The predicted molar refractivity (Wildman–Crippen MR) is 113 cm³/mol. The largest absolute Gasteiger partial charge is 0.455 e. The molecule has 1 aromatic heterocycles. The number of esters is 1. The highest BCUT2D eigenvalue weighted by molar-refractivity contribution is 7.10. The van der Waals surface area contributed by atoms with Crippen LogP contribution in [0.3, 0.4) is 0 Å². The van der Waals surface area contributed by atoms with Crippen LogP contribution in [-0.4, -0.2) is 34.8 Å². The van der Waals surface area contributed by atoms with Crippen molar-refractivity contribution in [2.24, 2.45) is 0 Å². The van der Waals surface area contributed by atoms with E-state index < -0.39 is 17.6 Å². The van der Waals surface area contributed by atoms with Crippen molar-refractivity contribution in [3.05, 3.63) is 58.3 Å². The summed E-state index contributed by atoms with van der Waals surface area (Å²) >= 11 is 1.45. The monoisotopic (exact) mass is 416 g/mol. The van der Waals surface area contributed by atoms with E-state index in [4.69, 9.17) is 4.74 Å². The molecule has 2 aromatic rings. The first-order valence-electron chi connectivity index (χ1n) is 9.47. The smallest absolute Gasteiger partial charge is 0.308 e. The summed E-state index contributed by atoms with van der Waals surface area (Å²) in [6.45, 7) is 7.34. The average molecular weight is 417 g/mol. The fraction of sp³-hybridized carbons (Fsp3) is 0.409. The summed E-state index contributed by atoms with van der Waals surface area (Å²) in [6, 6.07) is 12.9. The molecule has 1 unspecified atom stereocenters. The van der Waals surface area contributed by atoms with Gasteiger partial charge >= 0.3 is 5.97 Å². The van der Waals surface area contributed by atoms with Crippen molar-refractivity contribution in [3.8, 4) is 0 Å². The van der Waals surface area contributed by atoms with Gasteiger partial charge in [0.1, 0.15) is 0 Å². The second kappa shape index (κ2) is 10.2. The molecular formula is C22H28N2O4S. The van der Waals surface area contributed by atoms with E-state index in [1.54, 1.807) is 4.90 Å². The second-order valence-corrected chi connectivity index (χ2v) is 8.75. The number of thiophene rings is 1. The Hall–Kier alpha value is -2.67. The molecule has 2 amide bonds. The molecule has 1 heterocycles. The molecule has 0 saturated carbocycles. The Balaban J connectivity index is 1.97. The summed E-state index contributed by atoms with van der Waals surface area (Å²) in [5.74, 6) is -1.02. The van der Waals surface area contributed by atoms with E-state index in [-0.39, 0.29) is 24.8 Å². The summed E-state index contributed by atoms with van der Waals surface area (Å²) in [5, 5.41) is 4.63. The molecule has 7 heteroatoms. The maximum Gasteiger partial charge on any atom is 0.308 e. The molecule has 0 aliphatic carbocycles. The van der Waals surface area contributed by atoms with Gasteiger partial charge in [0.05, 0.1) is 12.5 Å². The van der Waals surface area contributed by atoms with Crippen molar-refractivity contribution in [1.29, 1.82) is 0 Å². The lowest BCUT2D eigenvalue weighted by molar-refractivity contribution is -0.155. The van der Waals surface area contributed by atoms with Gasteiger partial charge in [0.25, 0.3) is 5.91 Å². The van der Waals surface area contributed by atoms with Gasteiger partial charge in [-0.3, -0.25) is 14.4 Å². The lowest BCUT2D eigenvalue weighted by Gasteiger charge is -2.35. The van der Waals surface area contributed by atoms with Crippen molar-refractivity contribution in [3.63, 3.8) is 0 Å². The number of ether oxygens (including phenoxy) is 1. The van der Waals surface area contributed by atoms with Gasteiger partial charge in [0.15, 0.2) is 6.61 Å². The fourth-order valence-corrected chi connectivity index (χ4v) is 3.65. The molecule has 0 aliphatic rings. The standard InChI is InChI=1S/C22H28N2O4S/c1-16(25)23-18(19-11-8-12-29-19)13-21(27)28-15-20(26)24(22(2,3)4)14-17-9-6-5-7-10-17/h5-12,18H,13-15H2,1-4H3,(H,23,25). The van der Waals surface area contributed by atoms with Crippen LogP contribution in [0, 0.1) is 0 Å². The van der Waals surface area contributed by atoms with E-state index in [0.29, 0.717) is 6.54 Å². The first-order valence-corrected chi connectivity index (χ1v) is 10.4. The van der Waals surface area contributed by atoms with Gasteiger partial charge in [-0.25, -0.2) is 0 Å². The maximum atomic E-state index is 12.8. The van der Waals surface area contributed by atoms with Gasteiger partial charge in [-0.1, -0.05) is 36.4 Å². The Labute approximate surface area is 175 Å². The Kier molecular flexibility index (Phi) is 7.96. The van der Waals surface area contributed by atoms with Crippen molar-refractivity contribution < 1.29 is 19.1 Å². The Morgan fingerprint density at radius 1 is 1.10 bits per heavy atom. The number of nitrogens with zero attached hydrogens (tertiary/aromatic N) is 1. The van der Waals surface area contributed by atoms with Gasteiger partial charge in [-0.15, -0.1) is 11.3 Å². The normalized spacial score (nSPS) is 12.1. The van der Waals surface area contributed by atoms with E-state index in [2.05, 4.69) is 5.32 Å². The molecule has 0 aliphatic heterocycles. The first kappa shape index (κ1) is 22.6. The summed E-state index contributed by atoms with van der Waals surface area (Å²) in [6.07, 6.45) is -0.0262. The highest BCUT2D eigenvalue weighted by atomic mass is 32.1. The highest BCUT2D eigenvalue weighted by Gasteiger charge is 2.28. The predicted octanol–water partition coefficient (Wildman–Crippen LogP) is 3.69. The maximum absolute atomic E-state index is 12.8. The van der Waals surface area contributed by atoms with Crippen LogP contribution >= 0.6 is 11.3 Å². The number of rotatable bonds is 8. The molecule has 29 heavy (non-hydrogen) atoms. The summed E-state index contributed by atoms with van der Waals surface area (Å²) in [4.78, 5) is 39.1. The average Bonchev–Trinajstić information content (AvgIpc) is 3.18. The molecule has 1 N–H and O–H groups in total. The number of hydrogen-bond donors (Lipinski definition) is 1. The molecule has 6 nitrogen and oxygen atoms in total. The van der Waals surface area contributed by atoms with Crippen LogP contribution in [0.2, 0.25) is 0 Å². The molecular weight excluding hydrogens is 388 g/mol. The minimum absolute atomic E-state index is 0.0262. The SMILES string of the molecule is CC(=O)NC(CC(=O)OCC(=O)N(Cc1ccccc1)C(C)(C)C)c1cccs1. The van der Waals surface area contributed by atoms with Crippen LogP contribution in [0.15, 0.2) is 47.8 Å². The van der Waals surface area contributed by atoms with Crippen molar-refractivity contribution in [2.75, 3.05) is 6.61 Å². The van der Waals surface area contributed by atoms with Crippen LogP contribution in [0.25, 0.3) is 0 Å². The number of hydrogen-bond acceptors (Lipinski definition) is 5. The third kappa shape index (κ3) is 7.34. The molecule has 1 aromatic carbocycles. The molecule has 0 bridgehead atoms. The number of amides is 2. The quantitative estimate of drug-likeness (QED) is 0.666. The zero-order chi connectivity index (χ0) is 21.4. The molecule has 1 atom stereocenters. The lowest BCUT2D eigenvalue weighted by atomic mass is 10.0. The van der Waals surface area contributed by atoms with E-state index in [1.165, 1.54) is 18.3 Å². The third-order valence-corrected chi connectivity index (χ3v) is 5.27. The summed E-state index contributed by atoms with van der Waals surface area (Å²) < 4.78 is 5.25. The van der Waals surface area contributed by atoms with Crippen molar-refractivity contribution in [2.45, 2.75) is 52.2 Å². The van der Waals surface area contributed by atoms with Crippen LogP contribution < -0.4 is 5.32 Å². The minimum Gasteiger partial charge on any atom is -0.455 e. The Morgan fingerprint density at radius 3 is 2.34 bits per heavy atom. The van der Waals surface area contributed by atoms with E-state index in [1.807, 2.05) is 68.6 Å². The second-order valence-electron chi connectivity index (χ2n) is 7.77. The molecule has 0 spiro atoms. The van der Waals surface area contributed by atoms with Crippen LogP contribution in [0.1, 0.15) is 50.6 Å². The van der Waals surface area contributed by atoms with Crippen molar-refractivity contribution in [1.82, 2.24) is 10.2 Å². The zero-order valence-electron chi connectivity index (χ0n) is 17.3. The van der Waals surface area contributed by atoms with Gasteiger partial charge in [-0.2, -0.15) is 0 Å². The lowest BCUT2D eigenvalue weighted by Crippen LogP contribution is -2.47. The third-order valence-electron chi connectivity index (χ3n) is 4.29. The zero-order valence-corrected chi connectivity index (χ0v) is 18.1. The van der Waals surface area contributed by atoms with Gasteiger partial charge in [0, 0.05) is 23.9 Å². The Bertz CT molecular complexity index is 813. The Morgan fingerprint density at radius 2 is 1.79 bits per heavy atom. The van der Waals surface area contributed by atoms with Crippen molar-refractivity contribution >= 4 is 29.1 Å². The highest BCUT2D eigenvalue weighted by Crippen LogP contribution is 2.23. The molecule has 156 valence electrons. The number of benzene rings is 1. The van der Waals surface area contributed by atoms with Gasteiger partial charge in [-0.05, 0) is 37.8 Å². The van der Waals surface area contributed by atoms with Crippen LogP contribution in [0.5, 0.6) is 0 Å². The van der Waals surface area contributed by atoms with E-state index >= 15 is 0 Å². The minimum atomic E-state index is -0.529. The number of nitrogens with one attached hydrogen (secondary N) is 1. The van der Waals surface area contributed by atoms with E-state index in [0.717, 1.165) is 10.4 Å². The topological polar surface area (TPSA) is 75.7 Å². The van der Waals surface area contributed by atoms with Crippen LogP contribution in [-0.2, 0) is 25.7 Å². The fourth-order valence-electron chi connectivity index (χ4n) is 2.87. The van der Waals surface area contributed by atoms with Gasteiger partial charge in [0.2, 0.25) is 5.91 Å². The first-order chi connectivity index (χ1) is 13.7. The number of carbonyl (C=O) groups is 3. The molecule has 0 radical (unpaired) electrons. The molecule has 0 fully saturated rings. The molecule has 2 rings (SSSR count). The molecule has 0 saturated heterocycles. The number of carbonyl (C=O) groups excluding carboxylic acids is 3. The summed E-state index contributed by atoms with van der Waals surface area (Å²) in [5.41, 5.74) is 0.584. The van der Waals surface area contributed by atoms with E-state index in [9.17, 15) is 14.4 Å². The van der Waals surface area contributed by atoms with Gasteiger partial charge < -0.3 is 15.0 Å². The summed E-state index contributed by atoms with van der Waals surface area (Å²) in [7, 11) is 0. The van der Waals surface area contributed by atoms with Crippen LogP contribution in [0.4, 0.5) is 0 Å².